The first kappa shape index (κ1) is 29.3. The summed E-state index contributed by atoms with van der Waals surface area (Å²) < 4.78 is 22.9. The Bertz CT molecular complexity index is 886. The van der Waals surface area contributed by atoms with E-state index in [0.29, 0.717) is 36.3 Å². The highest BCUT2D eigenvalue weighted by Gasteiger charge is 2.43. The maximum absolute atomic E-state index is 12.8. The highest BCUT2D eigenvalue weighted by molar-refractivity contribution is 6.76. The lowest BCUT2D eigenvalue weighted by Crippen LogP contribution is -2.34. The van der Waals surface area contributed by atoms with Gasteiger partial charge in [-0.05, 0) is 63.4 Å². The molecule has 0 saturated carbocycles. The number of aliphatic hydroxyl groups is 2. The number of esters is 1. The van der Waals surface area contributed by atoms with E-state index in [1.165, 1.54) is 0 Å². The Kier molecular flexibility index (Phi) is 10.7. The van der Waals surface area contributed by atoms with Crippen LogP contribution in [0.4, 0.5) is 0 Å². The molecule has 0 spiro atoms. The standard InChI is InChI=1S/C27H42O7Si/c1-19(28)10-8-12-23(29)25-24(33-27(2,3)34-25)13-9-11-20-18-21(31-4)14-15-22(20)26(30)32-16-17-35(5,6)7/h8-9,11-12,14-15,18-19,23-25,28-29H,10,13,16-17H2,1-7H3/b11-9+,12-8-/t19-,23?,24-,25+/m0/s1. The molecule has 8 heteroatoms. The lowest BCUT2D eigenvalue weighted by Gasteiger charge is -2.19. The van der Waals surface area contributed by atoms with E-state index in [4.69, 9.17) is 18.9 Å². The van der Waals surface area contributed by atoms with E-state index >= 15 is 0 Å². The first-order chi connectivity index (χ1) is 16.3. The van der Waals surface area contributed by atoms with Gasteiger partial charge in [0.15, 0.2) is 5.79 Å². The average Bonchev–Trinajstić information content (AvgIpc) is 3.06. The summed E-state index contributed by atoms with van der Waals surface area (Å²) in [5, 5.41) is 20.1. The lowest BCUT2D eigenvalue weighted by molar-refractivity contribution is -0.152. The first-order valence-electron chi connectivity index (χ1n) is 12.2. The van der Waals surface area contributed by atoms with Crippen LogP contribution in [0.5, 0.6) is 5.75 Å². The van der Waals surface area contributed by atoms with Crippen molar-refractivity contribution in [1.82, 2.24) is 0 Å². The molecule has 0 bridgehead atoms. The molecule has 0 radical (unpaired) electrons. The van der Waals surface area contributed by atoms with Crippen LogP contribution in [-0.2, 0) is 14.2 Å². The van der Waals surface area contributed by atoms with Crippen LogP contribution < -0.4 is 4.74 Å². The molecule has 1 heterocycles. The van der Waals surface area contributed by atoms with E-state index in [1.54, 1.807) is 44.4 Å². The van der Waals surface area contributed by atoms with E-state index in [0.717, 1.165) is 6.04 Å². The number of rotatable bonds is 12. The number of ether oxygens (including phenoxy) is 4. The summed E-state index contributed by atoms with van der Waals surface area (Å²) in [6, 6.07) is 6.17. The van der Waals surface area contributed by atoms with Gasteiger partial charge in [-0.25, -0.2) is 4.79 Å². The highest BCUT2D eigenvalue weighted by Crippen LogP contribution is 2.32. The van der Waals surface area contributed by atoms with Crippen molar-refractivity contribution in [3.05, 3.63) is 47.6 Å². The molecule has 1 aromatic rings. The molecular formula is C27H42O7Si. The molecule has 196 valence electrons. The molecule has 1 aromatic carbocycles. The fraction of sp³-hybridized carbons (Fsp3) is 0.593. The molecule has 1 aliphatic rings. The third-order valence-corrected chi connectivity index (χ3v) is 7.30. The molecular weight excluding hydrogens is 464 g/mol. The largest absolute Gasteiger partial charge is 0.497 e. The number of carbonyl (C=O) groups is 1. The molecule has 2 rings (SSSR count). The SMILES string of the molecule is COc1ccc(C(=O)OCC[Si](C)(C)C)c(/C=C/C[C@@H]2OC(C)(C)O[C@@H]2C(O)/C=C\C[C@H](C)O)c1. The number of aliphatic hydroxyl groups excluding tert-OH is 2. The van der Waals surface area contributed by atoms with Crippen LogP contribution in [0.25, 0.3) is 6.08 Å². The molecule has 0 amide bonds. The summed E-state index contributed by atoms with van der Waals surface area (Å²) in [6.07, 6.45) is 5.75. The lowest BCUT2D eigenvalue weighted by atomic mass is 10.0. The summed E-state index contributed by atoms with van der Waals surface area (Å²) in [4.78, 5) is 12.8. The smallest absolute Gasteiger partial charge is 0.338 e. The Labute approximate surface area is 210 Å². The molecule has 4 atom stereocenters. The number of methoxy groups -OCH3 is 1. The predicted molar refractivity (Wildman–Crippen MR) is 140 cm³/mol. The van der Waals surface area contributed by atoms with Gasteiger partial charge in [0, 0.05) is 8.07 Å². The third kappa shape index (κ3) is 9.89. The maximum Gasteiger partial charge on any atom is 0.338 e. The van der Waals surface area contributed by atoms with Gasteiger partial charge in [-0.15, -0.1) is 0 Å². The van der Waals surface area contributed by atoms with Crippen LogP contribution in [0.3, 0.4) is 0 Å². The van der Waals surface area contributed by atoms with Crippen molar-refractivity contribution >= 4 is 20.1 Å². The molecule has 2 N–H and O–H groups in total. The zero-order valence-corrected chi connectivity index (χ0v) is 23.1. The van der Waals surface area contributed by atoms with Crippen LogP contribution >= 0.6 is 0 Å². The number of benzene rings is 1. The van der Waals surface area contributed by atoms with Gasteiger partial charge in [-0.3, -0.25) is 0 Å². The van der Waals surface area contributed by atoms with Crippen molar-refractivity contribution in [2.45, 2.75) is 89.5 Å². The van der Waals surface area contributed by atoms with Crippen molar-refractivity contribution in [1.29, 1.82) is 0 Å². The second-order valence-corrected chi connectivity index (χ2v) is 16.3. The van der Waals surface area contributed by atoms with Crippen molar-refractivity contribution < 1.29 is 34.0 Å². The summed E-state index contributed by atoms with van der Waals surface area (Å²) in [5.41, 5.74) is 1.16. The molecule has 0 aliphatic carbocycles. The second kappa shape index (κ2) is 12.8. The van der Waals surface area contributed by atoms with Gasteiger partial charge >= 0.3 is 5.97 Å². The molecule has 1 fully saturated rings. The van der Waals surface area contributed by atoms with Crippen LogP contribution in [-0.4, -0.2) is 68.2 Å². The summed E-state index contributed by atoms with van der Waals surface area (Å²) >= 11 is 0. The van der Waals surface area contributed by atoms with Crippen molar-refractivity contribution in [3.63, 3.8) is 0 Å². The molecule has 1 unspecified atom stereocenters. The van der Waals surface area contributed by atoms with E-state index < -0.39 is 32.2 Å². The molecule has 1 saturated heterocycles. The van der Waals surface area contributed by atoms with Crippen LogP contribution in [0.15, 0.2) is 36.4 Å². The Morgan fingerprint density at radius 2 is 1.91 bits per heavy atom. The maximum atomic E-state index is 12.8. The van der Waals surface area contributed by atoms with Gasteiger partial charge in [0.1, 0.15) is 18.0 Å². The molecule has 1 aliphatic heterocycles. The van der Waals surface area contributed by atoms with Crippen molar-refractivity contribution in [2.24, 2.45) is 0 Å². The van der Waals surface area contributed by atoms with E-state index in [2.05, 4.69) is 19.6 Å². The Hall–Kier alpha value is -1.97. The minimum atomic E-state index is -1.31. The van der Waals surface area contributed by atoms with E-state index in [9.17, 15) is 15.0 Å². The van der Waals surface area contributed by atoms with Gasteiger partial charge in [-0.1, -0.05) is 43.9 Å². The van der Waals surface area contributed by atoms with E-state index in [1.807, 2.05) is 26.0 Å². The predicted octanol–water partition coefficient (Wildman–Crippen LogP) is 4.80. The average molecular weight is 507 g/mol. The topological polar surface area (TPSA) is 94.5 Å². The summed E-state index contributed by atoms with van der Waals surface area (Å²) in [6.45, 7) is 12.5. The van der Waals surface area contributed by atoms with E-state index in [-0.39, 0.29) is 12.1 Å². The van der Waals surface area contributed by atoms with Gasteiger partial charge in [0.05, 0.1) is 31.5 Å². The van der Waals surface area contributed by atoms with Gasteiger partial charge in [-0.2, -0.15) is 0 Å². The number of hydrogen-bond donors (Lipinski definition) is 2. The second-order valence-electron chi connectivity index (χ2n) is 10.7. The normalized spacial score (nSPS) is 22.0. The minimum Gasteiger partial charge on any atom is -0.497 e. The summed E-state index contributed by atoms with van der Waals surface area (Å²) in [7, 11) is 0.275. The third-order valence-electron chi connectivity index (χ3n) is 5.60. The fourth-order valence-electron chi connectivity index (χ4n) is 3.71. The van der Waals surface area contributed by atoms with Crippen LogP contribution in [0.2, 0.25) is 25.7 Å². The zero-order valence-electron chi connectivity index (χ0n) is 22.1. The van der Waals surface area contributed by atoms with Gasteiger partial charge in [0.2, 0.25) is 0 Å². The molecule has 0 aromatic heterocycles. The van der Waals surface area contributed by atoms with Crippen molar-refractivity contribution in [2.75, 3.05) is 13.7 Å². The minimum absolute atomic E-state index is 0.358. The van der Waals surface area contributed by atoms with Gasteiger partial charge in [0.25, 0.3) is 0 Å². The Morgan fingerprint density at radius 1 is 1.20 bits per heavy atom. The first-order valence-corrected chi connectivity index (χ1v) is 15.9. The van der Waals surface area contributed by atoms with Crippen LogP contribution in [0, 0.1) is 0 Å². The molecule has 7 nitrogen and oxygen atoms in total. The quantitative estimate of drug-likeness (QED) is 0.239. The van der Waals surface area contributed by atoms with Crippen molar-refractivity contribution in [3.8, 4) is 5.75 Å². The Morgan fingerprint density at radius 3 is 2.54 bits per heavy atom. The van der Waals surface area contributed by atoms with Crippen LogP contribution in [0.1, 0.15) is 49.5 Å². The monoisotopic (exact) mass is 506 g/mol. The highest BCUT2D eigenvalue weighted by atomic mass is 28.3. The fourth-order valence-corrected chi connectivity index (χ4v) is 4.42. The zero-order chi connectivity index (χ0) is 26.2. The number of carbonyl (C=O) groups excluding carboxylic acids is 1. The summed E-state index contributed by atoms with van der Waals surface area (Å²) in [5.74, 6) is -0.547. The molecule has 35 heavy (non-hydrogen) atoms. The number of hydrogen-bond acceptors (Lipinski definition) is 7. The Balaban J connectivity index is 2.13. The van der Waals surface area contributed by atoms with Gasteiger partial charge < -0.3 is 29.2 Å².